The number of azide groups is 1. The summed E-state index contributed by atoms with van der Waals surface area (Å²) in [4.78, 5) is 73.1. The molecule has 0 aromatic heterocycles. The van der Waals surface area contributed by atoms with Crippen LogP contribution in [0.4, 0.5) is 0 Å². The second-order valence-electron chi connectivity index (χ2n) is 10.6. The number of nitrogens with zero attached hydrogens (tertiary/aromatic N) is 5. The zero-order valence-corrected chi connectivity index (χ0v) is 26.0. The van der Waals surface area contributed by atoms with Gasteiger partial charge >= 0.3 is 23.9 Å². The average Bonchev–Trinajstić information content (AvgIpc) is 3.83. The van der Waals surface area contributed by atoms with Gasteiger partial charge in [0.25, 0.3) is 6.26 Å². The van der Waals surface area contributed by atoms with Crippen LogP contribution in [0.5, 0.6) is 0 Å². The van der Waals surface area contributed by atoms with Crippen molar-refractivity contribution in [3.8, 4) is 6.26 Å². The summed E-state index contributed by atoms with van der Waals surface area (Å²) in [5.74, 6) is -2.71. The van der Waals surface area contributed by atoms with Gasteiger partial charge in [0, 0.05) is 17.8 Å². The first-order valence-corrected chi connectivity index (χ1v) is 15.1. The lowest BCUT2D eigenvalue weighted by Gasteiger charge is -2.17. The Morgan fingerprint density at radius 2 is 1.17 bits per heavy atom. The monoisotopic (exact) mass is 681 g/mol. The maximum atomic E-state index is 11.7. The molecule has 262 valence electrons. The van der Waals surface area contributed by atoms with E-state index in [2.05, 4.69) is 19.8 Å². The summed E-state index contributed by atoms with van der Waals surface area (Å²) in [5, 5.41) is 11.1. The molecule has 4 aliphatic heterocycles. The van der Waals surface area contributed by atoms with Gasteiger partial charge < -0.3 is 42.6 Å². The number of hydrogen-bond donors (Lipinski definition) is 0. The number of carbonyl (C=O) groups is 5. The van der Waals surface area contributed by atoms with Gasteiger partial charge in [-0.25, -0.2) is 9.79 Å². The minimum Gasteiger partial charge on any atom is -0.457 e. The van der Waals surface area contributed by atoms with E-state index in [1.165, 1.54) is 12.3 Å². The fourth-order valence-corrected chi connectivity index (χ4v) is 5.06. The van der Waals surface area contributed by atoms with Gasteiger partial charge in [0.1, 0.15) is 31.0 Å². The highest BCUT2D eigenvalue weighted by molar-refractivity contribution is 5.81. The molecule has 0 spiro atoms. The quantitative estimate of drug-likeness (QED) is 0.0258. The van der Waals surface area contributed by atoms with E-state index in [0.29, 0.717) is 12.8 Å². The highest BCUT2D eigenvalue weighted by Gasteiger charge is 2.52. The molecule has 0 N–H and O–H groups in total. The smallest absolute Gasteiger partial charge is 0.309 e. The summed E-state index contributed by atoms with van der Waals surface area (Å²) in [6, 6.07) is 0. The van der Waals surface area contributed by atoms with Crippen LogP contribution in [0, 0.1) is 11.5 Å². The van der Waals surface area contributed by atoms with Gasteiger partial charge in [-0.2, -0.15) is 5.26 Å². The third-order valence-electron chi connectivity index (χ3n) is 7.17. The van der Waals surface area contributed by atoms with Crippen molar-refractivity contribution in [3.05, 3.63) is 10.4 Å². The van der Waals surface area contributed by atoms with Crippen LogP contribution < -0.4 is 0 Å². The topological polar surface area (TPSA) is 270 Å². The van der Waals surface area contributed by atoms with Crippen molar-refractivity contribution in [3.63, 3.8) is 0 Å². The number of fused-ring (bicyclic) bond motifs is 2. The third-order valence-corrected chi connectivity index (χ3v) is 7.17. The Kier molecular flexibility index (Phi) is 15.7. The van der Waals surface area contributed by atoms with Crippen LogP contribution in [-0.4, -0.2) is 124 Å². The molecule has 8 atom stereocenters. The first-order valence-electron chi connectivity index (χ1n) is 15.1. The predicted molar refractivity (Wildman–Crippen MR) is 151 cm³/mol. The molecular weight excluding hydrogens is 646 g/mol. The number of carbonyl (C=O) groups excluding carboxylic acids is 6. The molecule has 4 rings (SSSR count). The first-order chi connectivity index (χ1) is 23.2. The molecule has 20 nitrogen and oxygen atoms in total. The zero-order chi connectivity index (χ0) is 34.9. The van der Waals surface area contributed by atoms with Gasteiger partial charge in [-0.15, -0.1) is 0 Å². The van der Waals surface area contributed by atoms with Crippen LogP contribution in [0.3, 0.4) is 0 Å². The number of esters is 4. The molecule has 0 aromatic rings. The summed E-state index contributed by atoms with van der Waals surface area (Å²) in [6.45, 7) is 2.41. The normalized spacial score (nSPS) is 27.7. The Morgan fingerprint density at radius 3 is 1.58 bits per heavy atom. The maximum Gasteiger partial charge on any atom is 0.309 e. The van der Waals surface area contributed by atoms with E-state index in [1.807, 2.05) is 6.92 Å². The fourth-order valence-electron chi connectivity index (χ4n) is 5.06. The lowest BCUT2D eigenvalue weighted by molar-refractivity contribution is -0.157. The lowest BCUT2D eigenvalue weighted by atomic mass is 10.1. The fraction of sp³-hybridized carbons (Fsp3) is 0.750. The molecule has 0 saturated carbocycles. The van der Waals surface area contributed by atoms with Gasteiger partial charge in [0.05, 0.1) is 52.2 Å². The summed E-state index contributed by atoms with van der Waals surface area (Å²) in [7, 11) is 0. The summed E-state index contributed by atoms with van der Waals surface area (Å²) in [5.41, 5.74) is 8.11. The van der Waals surface area contributed by atoms with E-state index in [0.717, 1.165) is 0 Å². The standard InChI is InChI=1S/C14H19N3O7.C14H16N2O8/c1-2-3-11(19)23-8-6-21-14-9(7-22-13(8)14)24-12(20)5-4-10(18)16-17-15;15-7-20-4-2-12(19)24-10-6-22-13-9(5-21-14(10)13)23-11(18)1-3-16-8-17/h8-9,13-14H,2-7H2,1H3;9-10,13-14H,1-6H2/t8-,9-,13+,14+;9-,10-,13+,14+/m00/s1. The van der Waals surface area contributed by atoms with Crippen molar-refractivity contribution in [2.45, 2.75) is 94.3 Å². The number of nitriles is 1. The second-order valence-corrected chi connectivity index (χ2v) is 10.6. The van der Waals surface area contributed by atoms with E-state index < -0.39 is 72.6 Å². The van der Waals surface area contributed by atoms with E-state index in [9.17, 15) is 28.8 Å². The number of isocyanates is 1. The predicted octanol–water partition coefficient (Wildman–Crippen LogP) is 0.246. The minimum atomic E-state index is -0.727. The molecule has 0 aliphatic carbocycles. The highest BCUT2D eigenvalue weighted by atomic mass is 16.7. The van der Waals surface area contributed by atoms with E-state index >= 15 is 0 Å². The van der Waals surface area contributed by atoms with Crippen LogP contribution in [-0.2, 0) is 71.4 Å². The Bertz CT molecular complexity index is 1290. The molecule has 0 radical (unpaired) electrons. The number of aliphatic imine (C=N–C) groups is 1. The van der Waals surface area contributed by atoms with Gasteiger partial charge in [0.2, 0.25) is 12.0 Å². The largest absolute Gasteiger partial charge is 0.457 e. The number of ether oxygens (including phenoxy) is 9. The molecule has 0 aromatic carbocycles. The van der Waals surface area contributed by atoms with Crippen molar-refractivity contribution in [2.24, 2.45) is 10.1 Å². The van der Waals surface area contributed by atoms with Crippen LogP contribution in [0.25, 0.3) is 10.4 Å². The number of hydrogen-bond acceptors (Lipinski definition) is 17. The zero-order valence-electron chi connectivity index (χ0n) is 26.0. The molecule has 1 amide bonds. The molecule has 48 heavy (non-hydrogen) atoms. The summed E-state index contributed by atoms with van der Waals surface area (Å²) >= 11 is 0. The van der Waals surface area contributed by atoms with Gasteiger partial charge in [-0.1, -0.05) is 6.92 Å². The van der Waals surface area contributed by atoms with Crippen LogP contribution in [0.2, 0.25) is 0 Å². The first kappa shape index (κ1) is 37.8. The maximum absolute atomic E-state index is 11.7. The minimum absolute atomic E-state index is 0.00979. The molecule has 20 heteroatoms. The van der Waals surface area contributed by atoms with Gasteiger partial charge in [0.15, 0.2) is 24.4 Å². The summed E-state index contributed by atoms with van der Waals surface area (Å²) < 4.78 is 47.5. The van der Waals surface area contributed by atoms with E-state index in [4.69, 9.17) is 48.7 Å². The Labute approximate surface area is 273 Å². The van der Waals surface area contributed by atoms with Crippen LogP contribution >= 0.6 is 0 Å². The van der Waals surface area contributed by atoms with Crippen molar-refractivity contribution in [2.75, 3.05) is 39.6 Å². The number of amides is 1. The molecule has 0 unspecified atom stereocenters. The molecule has 4 fully saturated rings. The lowest BCUT2D eigenvalue weighted by Crippen LogP contribution is -2.36. The van der Waals surface area contributed by atoms with Gasteiger partial charge in [-0.05, 0) is 17.1 Å². The second kappa shape index (κ2) is 19.9. The van der Waals surface area contributed by atoms with Crippen molar-refractivity contribution < 1.29 is 71.4 Å². The van der Waals surface area contributed by atoms with Gasteiger partial charge in [-0.3, -0.25) is 24.0 Å². The Hall–Kier alpha value is -4.63. The molecule has 4 heterocycles. The van der Waals surface area contributed by atoms with Crippen LogP contribution in [0.1, 0.15) is 45.4 Å². The van der Waals surface area contributed by atoms with Crippen molar-refractivity contribution in [1.29, 1.82) is 5.26 Å². The Balaban J connectivity index is 0.000000260. The summed E-state index contributed by atoms with van der Waals surface area (Å²) in [6.07, 6.45) is -1.03. The Morgan fingerprint density at radius 1 is 0.729 bits per heavy atom. The average molecular weight is 682 g/mol. The SMILES string of the molecule is CCCC(=O)O[C@H]1CO[C@H]2[C@@H]1OC[C@@H]2OC(=O)CCC(=O)N=[N+]=[N-].N#COCCC(=O)O[C@H]1CO[C@H]2[C@@H]1OC[C@@H]2OC(=O)CCN=C=O. The van der Waals surface area contributed by atoms with Crippen LogP contribution in [0.15, 0.2) is 10.1 Å². The third kappa shape index (κ3) is 11.6. The highest BCUT2D eigenvalue weighted by Crippen LogP contribution is 2.32. The molecular formula is C28H35N5O15. The van der Waals surface area contributed by atoms with Crippen molar-refractivity contribution in [1.82, 2.24) is 0 Å². The molecule has 0 bridgehead atoms. The van der Waals surface area contributed by atoms with Crippen molar-refractivity contribution >= 4 is 35.9 Å². The van der Waals surface area contributed by atoms with E-state index in [-0.39, 0.29) is 71.2 Å². The molecule has 4 saturated heterocycles. The number of rotatable bonds is 15. The van der Waals surface area contributed by atoms with E-state index in [1.54, 1.807) is 0 Å². The molecule has 4 aliphatic rings.